The molecule has 17 heavy (non-hydrogen) atoms. The van der Waals surface area contributed by atoms with Gasteiger partial charge >= 0.3 is 0 Å². The summed E-state index contributed by atoms with van der Waals surface area (Å²) in [6.45, 7) is 1.12. The Morgan fingerprint density at radius 2 is 2.41 bits per heavy atom. The molecule has 90 valence electrons. The van der Waals surface area contributed by atoms with E-state index < -0.39 is 5.91 Å². The zero-order valence-corrected chi connectivity index (χ0v) is 9.75. The molecule has 3 heterocycles. The first-order valence-corrected chi connectivity index (χ1v) is 6.07. The van der Waals surface area contributed by atoms with Crippen LogP contribution in [0.1, 0.15) is 27.0 Å². The summed E-state index contributed by atoms with van der Waals surface area (Å²) in [5.74, 6) is -0.829. The lowest BCUT2D eigenvalue weighted by Gasteiger charge is -2.37. The minimum absolute atomic E-state index is 0.0429. The fourth-order valence-corrected chi connectivity index (χ4v) is 3.05. The van der Waals surface area contributed by atoms with Crippen molar-refractivity contribution in [2.45, 2.75) is 17.9 Å². The second kappa shape index (κ2) is 3.51. The van der Waals surface area contributed by atoms with Crippen LogP contribution in [0.15, 0.2) is 6.20 Å². The maximum absolute atomic E-state index is 11.8. The fourth-order valence-electron chi connectivity index (χ4n) is 2.18. The average molecular weight is 253 g/mol. The first-order valence-electron chi connectivity index (χ1n) is 5.25. The first-order chi connectivity index (χ1) is 8.10. The molecule has 1 atom stereocenters. The largest absolute Gasteiger partial charge is 0.376 e. The van der Waals surface area contributed by atoms with Crippen LogP contribution in [-0.2, 0) is 9.53 Å². The number of carbonyl (C=O) groups is 2. The van der Waals surface area contributed by atoms with Gasteiger partial charge in [-0.05, 0) is 6.42 Å². The number of nitrogens with two attached hydrogens (primary N) is 1. The van der Waals surface area contributed by atoms with Gasteiger partial charge in [0.05, 0.1) is 30.9 Å². The fraction of sp³-hybridized carbons (Fsp3) is 0.500. The van der Waals surface area contributed by atoms with E-state index in [4.69, 9.17) is 10.5 Å². The summed E-state index contributed by atoms with van der Waals surface area (Å²) in [5, 5.41) is 3.59. The van der Waals surface area contributed by atoms with Crippen molar-refractivity contribution in [2.24, 2.45) is 5.73 Å². The van der Waals surface area contributed by atoms with Gasteiger partial charge in [-0.3, -0.25) is 9.59 Å². The van der Waals surface area contributed by atoms with E-state index in [9.17, 15) is 9.59 Å². The van der Waals surface area contributed by atoms with Crippen LogP contribution in [0.25, 0.3) is 0 Å². The Bertz CT molecular complexity index is 495. The van der Waals surface area contributed by atoms with Crippen molar-refractivity contribution in [3.05, 3.63) is 16.1 Å². The molecular formula is C10H11N3O3S. The third-order valence-electron chi connectivity index (χ3n) is 3.12. The zero-order chi connectivity index (χ0) is 12.0. The normalized spacial score (nSPS) is 25.6. The van der Waals surface area contributed by atoms with E-state index in [-0.39, 0.29) is 17.4 Å². The van der Waals surface area contributed by atoms with Crippen LogP contribution < -0.4 is 11.1 Å². The van der Waals surface area contributed by atoms with Gasteiger partial charge in [0, 0.05) is 0 Å². The maximum Gasteiger partial charge on any atom is 0.260 e. The summed E-state index contributed by atoms with van der Waals surface area (Å²) in [7, 11) is 0. The molecule has 0 radical (unpaired) electrons. The highest BCUT2D eigenvalue weighted by atomic mass is 32.1. The van der Waals surface area contributed by atoms with Crippen LogP contribution in [0.4, 0.5) is 0 Å². The lowest BCUT2D eigenvalue weighted by molar-refractivity contribution is -0.124. The lowest BCUT2D eigenvalue weighted by Crippen LogP contribution is -2.57. The van der Waals surface area contributed by atoms with Crippen molar-refractivity contribution < 1.29 is 14.3 Å². The van der Waals surface area contributed by atoms with Gasteiger partial charge in [-0.25, -0.2) is 4.98 Å². The molecule has 3 rings (SSSR count). The van der Waals surface area contributed by atoms with E-state index in [1.165, 1.54) is 17.5 Å². The third kappa shape index (κ3) is 1.62. The quantitative estimate of drug-likeness (QED) is 0.750. The van der Waals surface area contributed by atoms with Crippen LogP contribution in [0.5, 0.6) is 0 Å². The Labute approximate surface area is 101 Å². The molecule has 2 aliphatic heterocycles. The molecule has 1 aromatic rings. The number of aromatic nitrogens is 1. The number of carbonyl (C=O) groups excluding carboxylic acids is 2. The molecule has 2 amide bonds. The number of amides is 2. The van der Waals surface area contributed by atoms with Crippen LogP contribution in [-0.4, -0.2) is 35.6 Å². The summed E-state index contributed by atoms with van der Waals surface area (Å²) in [4.78, 5) is 27.3. The van der Waals surface area contributed by atoms with Gasteiger partial charge in [0.2, 0.25) is 5.91 Å². The van der Waals surface area contributed by atoms with Gasteiger partial charge in [-0.1, -0.05) is 0 Å². The van der Waals surface area contributed by atoms with Crippen molar-refractivity contribution in [1.29, 1.82) is 0 Å². The smallest absolute Gasteiger partial charge is 0.260 e. The Morgan fingerprint density at radius 3 is 2.88 bits per heavy atom. The molecule has 1 unspecified atom stereocenters. The van der Waals surface area contributed by atoms with Crippen molar-refractivity contribution in [2.75, 3.05) is 13.2 Å². The average Bonchev–Trinajstić information content (AvgIpc) is 2.80. The van der Waals surface area contributed by atoms with Crippen molar-refractivity contribution in [1.82, 2.24) is 10.3 Å². The minimum Gasteiger partial charge on any atom is -0.376 e. The topological polar surface area (TPSA) is 94.3 Å². The van der Waals surface area contributed by atoms with E-state index in [0.29, 0.717) is 29.5 Å². The molecule has 1 spiro atoms. The van der Waals surface area contributed by atoms with E-state index in [1.807, 2.05) is 0 Å². The second-order valence-corrected chi connectivity index (χ2v) is 5.51. The Hall–Kier alpha value is -1.47. The van der Waals surface area contributed by atoms with Gasteiger partial charge in [-0.2, -0.15) is 0 Å². The molecule has 6 nitrogen and oxygen atoms in total. The summed E-state index contributed by atoms with van der Waals surface area (Å²) >= 11 is 1.19. The molecule has 0 aliphatic carbocycles. The Morgan fingerprint density at radius 1 is 1.65 bits per heavy atom. The van der Waals surface area contributed by atoms with Crippen LogP contribution in [0, 0.1) is 0 Å². The highest BCUT2D eigenvalue weighted by Gasteiger charge is 2.50. The van der Waals surface area contributed by atoms with Crippen LogP contribution in [0.2, 0.25) is 0 Å². The molecule has 3 N–H and O–H groups in total. The summed E-state index contributed by atoms with van der Waals surface area (Å²) in [6, 6.07) is 0. The number of rotatable bonds is 2. The summed E-state index contributed by atoms with van der Waals surface area (Å²) in [6.07, 6.45) is 2.11. The van der Waals surface area contributed by atoms with E-state index in [2.05, 4.69) is 10.3 Å². The summed E-state index contributed by atoms with van der Waals surface area (Å²) < 4.78 is 5.13. The predicted molar refractivity (Wildman–Crippen MR) is 59.7 cm³/mol. The molecule has 2 saturated heterocycles. The molecule has 0 saturated carbocycles. The third-order valence-corrected chi connectivity index (χ3v) is 4.25. The van der Waals surface area contributed by atoms with Crippen LogP contribution >= 0.6 is 11.3 Å². The monoisotopic (exact) mass is 253 g/mol. The highest BCUT2D eigenvalue weighted by Crippen LogP contribution is 2.38. The van der Waals surface area contributed by atoms with E-state index in [0.717, 1.165) is 0 Å². The maximum atomic E-state index is 11.8. The minimum atomic E-state index is -0.506. The predicted octanol–water partition coefficient (Wildman–Crippen LogP) is -0.386. The second-order valence-electron chi connectivity index (χ2n) is 4.45. The number of primary amides is 1. The van der Waals surface area contributed by atoms with E-state index >= 15 is 0 Å². The molecule has 2 fully saturated rings. The van der Waals surface area contributed by atoms with Crippen LogP contribution in [0.3, 0.4) is 0 Å². The number of thiazole rings is 1. The highest BCUT2D eigenvalue weighted by molar-refractivity contribution is 7.13. The Balaban J connectivity index is 1.84. The van der Waals surface area contributed by atoms with Crippen molar-refractivity contribution >= 4 is 23.2 Å². The van der Waals surface area contributed by atoms with Crippen molar-refractivity contribution in [3.8, 4) is 0 Å². The van der Waals surface area contributed by atoms with Gasteiger partial charge in [-0.15, -0.1) is 11.3 Å². The number of nitrogens with one attached hydrogen (secondary N) is 1. The van der Waals surface area contributed by atoms with Crippen molar-refractivity contribution in [3.63, 3.8) is 0 Å². The number of hydrogen-bond donors (Lipinski definition) is 2. The number of hydrogen-bond acceptors (Lipinski definition) is 5. The van der Waals surface area contributed by atoms with Gasteiger partial charge in [0.25, 0.3) is 5.91 Å². The van der Waals surface area contributed by atoms with Gasteiger partial charge in [0.1, 0.15) is 9.88 Å². The number of nitrogens with zero attached hydrogens (tertiary/aromatic N) is 1. The SMILES string of the molecule is NC(=O)c1cnc(C2CC3(COC3)NC2=O)s1. The molecule has 7 heteroatoms. The van der Waals surface area contributed by atoms with Gasteiger partial charge < -0.3 is 15.8 Å². The van der Waals surface area contributed by atoms with E-state index in [1.54, 1.807) is 0 Å². The summed E-state index contributed by atoms with van der Waals surface area (Å²) in [5.41, 5.74) is 4.95. The Kier molecular flexibility index (Phi) is 2.20. The molecular weight excluding hydrogens is 242 g/mol. The first kappa shape index (κ1) is 10.7. The standard InChI is InChI=1S/C10H11N3O3S/c11-7(14)6-2-12-9(17-6)5-1-10(3-16-4-10)13-8(5)15/h2,5H,1,3-4H2,(H2,11,14)(H,13,15). The lowest BCUT2D eigenvalue weighted by atomic mass is 9.91. The zero-order valence-electron chi connectivity index (χ0n) is 8.93. The van der Waals surface area contributed by atoms with Gasteiger partial charge in [0.15, 0.2) is 0 Å². The molecule has 1 aromatic heterocycles. The number of ether oxygens (including phenoxy) is 1. The molecule has 0 bridgehead atoms. The molecule has 0 aromatic carbocycles. The molecule has 2 aliphatic rings.